The van der Waals surface area contributed by atoms with Gasteiger partial charge >= 0.3 is 0 Å². The van der Waals surface area contributed by atoms with Crippen LogP contribution in [0.4, 0.5) is 0 Å². The number of aromatic nitrogens is 1. The second-order valence-corrected chi connectivity index (χ2v) is 6.39. The van der Waals surface area contributed by atoms with Gasteiger partial charge < -0.3 is 21.2 Å². The van der Waals surface area contributed by atoms with Crippen molar-refractivity contribution in [1.29, 1.82) is 5.41 Å². The Kier molecular flexibility index (Phi) is 7.77. The molecule has 0 aliphatic heterocycles. The zero-order valence-corrected chi connectivity index (χ0v) is 16.1. The van der Waals surface area contributed by atoms with Crippen LogP contribution in [0.25, 0.3) is 11.3 Å². The van der Waals surface area contributed by atoms with Gasteiger partial charge in [0.1, 0.15) is 5.75 Å². The van der Waals surface area contributed by atoms with Crippen molar-refractivity contribution in [1.82, 2.24) is 10.3 Å². The number of allylic oxidation sites excluding steroid dienone is 2. The molecular formula is C22H28N4O. The van der Waals surface area contributed by atoms with E-state index in [1.54, 1.807) is 6.20 Å². The van der Waals surface area contributed by atoms with E-state index in [4.69, 9.17) is 15.9 Å². The van der Waals surface area contributed by atoms with Crippen LogP contribution in [0.15, 0.2) is 60.6 Å². The molecule has 0 bridgehead atoms. The number of hydrogen-bond donors (Lipinski definition) is 3. The number of pyridine rings is 1. The van der Waals surface area contributed by atoms with Crippen LogP contribution < -0.4 is 15.8 Å². The van der Waals surface area contributed by atoms with Crippen LogP contribution in [0.3, 0.4) is 0 Å². The molecule has 0 spiro atoms. The highest BCUT2D eigenvalue weighted by Gasteiger charge is 2.11. The largest absolute Gasteiger partial charge is 0.441 e. The van der Waals surface area contributed by atoms with Crippen molar-refractivity contribution in [3.05, 3.63) is 71.8 Å². The molecule has 2 aromatic rings. The predicted octanol–water partition coefficient (Wildman–Crippen LogP) is 4.39. The maximum absolute atomic E-state index is 7.55. The van der Waals surface area contributed by atoms with E-state index < -0.39 is 0 Å². The number of nitrogens with two attached hydrogens (primary N) is 1. The predicted molar refractivity (Wildman–Crippen MR) is 112 cm³/mol. The first-order valence-corrected chi connectivity index (χ1v) is 9.16. The fourth-order valence-electron chi connectivity index (χ4n) is 2.48. The molecule has 1 heterocycles. The van der Waals surface area contributed by atoms with Crippen molar-refractivity contribution in [2.45, 2.75) is 33.2 Å². The Morgan fingerprint density at radius 1 is 1.33 bits per heavy atom. The lowest BCUT2D eigenvalue weighted by molar-refractivity contribution is 0.379. The first-order valence-electron chi connectivity index (χ1n) is 9.16. The van der Waals surface area contributed by atoms with Crippen LogP contribution in [-0.2, 0) is 6.54 Å². The summed E-state index contributed by atoms with van der Waals surface area (Å²) in [6, 6.07) is 9.53. The summed E-state index contributed by atoms with van der Waals surface area (Å²) in [6.07, 6.45) is 7.09. The highest BCUT2D eigenvalue weighted by Crippen LogP contribution is 2.31. The summed E-state index contributed by atoms with van der Waals surface area (Å²) < 4.78 is 6.18. The Balaban J connectivity index is 2.39. The average molecular weight is 364 g/mol. The van der Waals surface area contributed by atoms with Gasteiger partial charge in [-0.25, -0.2) is 0 Å². The third-order valence-electron chi connectivity index (χ3n) is 3.94. The molecule has 1 aromatic carbocycles. The molecule has 0 aliphatic rings. The molecule has 0 aliphatic carbocycles. The summed E-state index contributed by atoms with van der Waals surface area (Å²) in [5.74, 6) is 1.28. The fraction of sp³-hybridized carbons (Fsp3) is 0.273. The lowest BCUT2D eigenvalue weighted by Gasteiger charge is -2.16. The molecule has 0 radical (unpaired) electrons. The molecule has 27 heavy (non-hydrogen) atoms. The first kappa shape index (κ1) is 20.4. The normalized spacial score (nSPS) is 11.1. The van der Waals surface area contributed by atoms with Crippen molar-refractivity contribution in [3.63, 3.8) is 0 Å². The zero-order valence-electron chi connectivity index (χ0n) is 16.1. The molecule has 0 unspecified atom stereocenters. The minimum absolute atomic E-state index is 0.455. The second-order valence-electron chi connectivity index (χ2n) is 6.39. The topological polar surface area (TPSA) is 84.0 Å². The van der Waals surface area contributed by atoms with E-state index >= 15 is 0 Å². The molecule has 0 amide bonds. The van der Waals surface area contributed by atoms with Crippen molar-refractivity contribution in [2.24, 2.45) is 5.73 Å². The fourth-order valence-corrected chi connectivity index (χ4v) is 2.48. The number of ether oxygens (including phenoxy) is 1. The number of hydrogen-bond acceptors (Lipinski definition) is 5. The van der Waals surface area contributed by atoms with Gasteiger partial charge in [-0.2, -0.15) is 0 Å². The quantitative estimate of drug-likeness (QED) is 0.253. The number of nitrogens with zero attached hydrogens (tertiary/aromatic N) is 1. The number of unbranched alkanes of at least 4 members (excludes halogenated alkanes) is 1. The zero-order chi connectivity index (χ0) is 19.6. The molecule has 0 saturated carbocycles. The van der Waals surface area contributed by atoms with Gasteiger partial charge in [0, 0.05) is 37.1 Å². The van der Waals surface area contributed by atoms with Crippen LogP contribution in [0.5, 0.6) is 5.75 Å². The third kappa shape index (κ3) is 6.08. The standard InChI is InChI=1S/C22H28N4O/c1-4-5-10-25-22(11-16(2)3)27-21-12-17(13-23)6-8-19(21)20-9-7-18(14-24)15-26-20/h6-9,11-13,15,23,25H,2,4-5,10,14,24H2,1,3H3/b22-11+,23-13?. The number of rotatable bonds is 10. The molecule has 0 atom stereocenters. The Morgan fingerprint density at radius 3 is 2.74 bits per heavy atom. The molecular weight excluding hydrogens is 336 g/mol. The maximum Gasteiger partial charge on any atom is 0.193 e. The molecule has 0 fully saturated rings. The summed E-state index contributed by atoms with van der Waals surface area (Å²) in [7, 11) is 0. The van der Waals surface area contributed by atoms with Gasteiger partial charge in [0.15, 0.2) is 5.88 Å². The van der Waals surface area contributed by atoms with Crippen molar-refractivity contribution < 1.29 is 4.74 Å². The Morgan fingerprint density at radius 2 is 2.15 bits per heavy atom. The number of nitrogens with one attached hydrogen (secondary N) is 2. The maximum atomic E-state index is 7.55. The van der Waals surface area contributed by atoms with E-state index in [-0.39, 0.29) is 0 Å². The van der Waals surface area contributed by atoms with Crippen LogP contribution in [0.1, 0.15) is 37.8 Å². The Hall–Kier alpha value is -2.92. The Labute approximate surface area is 161 Å². The van der Waals surface area contributed by atoms with Gasteiger partial charge in [0.05, 0.1) is 5.69 Å². The van der Waals surface area contributed by atoms with Gasteiger partial charge in [-0.1, -0.05) is 37.6 Å². The highest BCUT2D eigenvalue weighted by atomic mass is 16.5. The molecule has 142 valence electrons. The molecule has 1 aromatic heterocycles. The molecule has 5 nitrogen and oxygen atoms in total. The summed E-state index contributed by atoms with van der Waals surface area (Å²) >= 11 is 0. The van der Waals surface area contributed by atoms with Crippen LogP contribution >= 0.6 is 0 Å². The van der Waals surface area contributed by atoms with E-state index in [0.717, 1.165) is 47.3 Å². The molecule has 2 rings (SSSR count). The van der Waals surface area contributed by atoms with E-state index in [1.807, 2.05) is 43.3 Å². The summed E-state index contributed by atoms with van der Waals surface area (Å²) in [5, 5.41) is 10.9. The van der Waals surface area contributed by atoms with Gasteiger partial charge in [0.2, 0.25) is 0 Å². The highest BCUT2D eigenvalue weighted by molar-refractivity contribution is 5.81. The summed E-state index contributed by atoms with van der Waals surface area (Å²) in [6.45, 7) is 9.28. The Bertz CT molecular complexity index is 810. The van der Waals surface area contributed by atoms with Crippen molar-refractivity contribution >= 4 is 6.21 Å². The van der Waals surface area contributed by atoms with Crippen LogP contribution in [0.2, 0.25) is 0 Å². The molecule has 0 saturated heterocycles. The van der Waals surface area contributed by atoms with Crippen molar-refractivity contribution in [2.75, 3.05) is 6.54 Å². The number of benzene rings is 1. The lowest BCUT2D eigenvalue weighted by Crippen LogP contribution is -2.19. The third-order valence-corrected chi connectivity index (χ3v) is 3.94. The smallest absolute Gasteiger partial charge is 0.193 e. The monoisotopic (exact) mass is 364 g/mol. The van der Waals surface area contributed by atoms with Gasteiger partial charge in [-0.05, 0) is 42.7 Å². The van der Waals surface area contributed by atoms with Gasteiger partial charge in [-0.15, -0.1) is 0 Å². The lowest BCUT2D eigenvalue weighted by atomic mass is 10.1. The first-order chi connectivity index (χ1) is 13.1. The minimum atomic E-state index is 0.455. The molecule has 5 heteroatoms. The van der Waals surface area contributed by atoms with Crippen molar-refractivity contribution in [3.8, 4) is 17.0 Å². The average Bonchev–Trinajstić information content (AvgIpc) is 2.67. The van der Waals surface area contributed by atoms with E-state index in [0.29, 0.717) is 18.2 Å². The molecule has 4 N–H and O–H groups in total. The van der Waals surface area contributed by atoms with Gasteiger partial charge in [0.25, 0.3) is 0 Å². The van der Waals surface area contributed by atoms with Gasteiger partial charge in [-0.3, -0.25) is 4.98 Å². The van der Waals surface area contributed by atoms with E-state index in [9.17, 15) is 0 Å². The van der Waals surface area contributed by atoms with Crippen LogP contribution in [-0.4, -0.2) is 17.7 Å². The van der Waals surface area contributed by atoms with E-state index in [2.05, 4.69) is 23.8 Å². The minimum Gasteiger partial charge on any atom is -0.441 e. The summed E-state index contributed by atoms with van der Waals surface area (Å²) in [5.41, 5.74) is 9.94. The van der Waals surface area contributed by atoms with Crippen LogP contribution in [0, 0.1) is 5.41 Å². The second kappa shape index (κ2) is 10.3. The van der Waals surface area contributed by atoms with E-state index in [1.165, 1.54) is 6.21 Å². The summed E-state index contributed by atoms with van der Waals surface area (Å²) in [4.78, 5) is 4.51. The SMILES string of the molecule is C=C(C)/C=C(\NCCCC)Oc1cc(C=N)ccc1-c1ccc(CN)cn1.